The van der Waals surface area contributed by atoms with Gasteiger partial charge in [-0.2, -0.15) is 0 Å². The number of hydrogen-bond donors (Lipinski definition) is 2. The number of carbonyl (C=O) groups excluding carboxylic acids is 2. The zero-order chi connectivity index (χ0) is 17.4. The smallest absolute Gasteiger partial charge is 0.251 e. The summed E-state index contributed by atoms with van der Waals surface area (Å²) in [7, 11) is 3.95. The molecule has 2 rings (SSSR count). The van der Waals surface area contributed by atoms with E-state index in [1.165, 1.54) is 6.42 Å². The molecule has 0 atom stereocenters. The third-order valence-corrected chi connectivity index (χ3v) is 4.50. The molecule has 0 aromatic heterocycles. The lowest BCUT2D eigenvalue weighted by Crippen LogP contribution is -2.32. The molecule has 1 saturated carbocycles. The Morgan fingerprint density at radius 1 is 1.04 bits per heavy atom. The number of rotatable bonds is 7. The molecule has 1 fully saturated rings. The molecule has 0 spiro atoms. The van der Waals surface area contributed by atoms with Gasteiger partial charge in [-0.15, -0.1) is 0 Å². The summed E-state index contributed by atoms with van der Waals surface area (Å²) in [5.74, 6) is 0.287. The van der Waals surface area contributed by atoms with Crippen LogP contribution in [0.3, 0.4) is 0 Å². The van der Waals surface area contributed by atoms with Crippen LogP contribution < -0.4 is 10.6 Å². The Bertz CT molecular complexity index is 534. The Hall–Kier alpha value is -1.88. The highest BCUT2D eigenvalue weighted by molar-refractivity contribution is 5.94. The second-order valence-electron chi connectivity index (χ2n) is 6.81. The molecule has 1 aliphatic carbocycles. The number of nitrogens with zero attached hydrogens (tertiary/aromatic N) is 1. The monoisotopic (exact) mass is 331 g/mol. The fraction of sp³-hybridized carbons (Fsp3) is 0.579. The van der Waals surface area contributed by atoms with E-state index in [-0.39, 0.29) is 17.7 Å². The first kappa shape index (κ1) is 18.5. The quantitative estimate of drug-likeness (QED) is 0.805. The van der Waals surface area contributed by atoms with Crippen molar-refractivity contribution in [1.82, 2.24) is 15.5 Å². The lowest BCUT2D eigenvalue weighted by molar-refractivity contribution is -0.126. The van der Waals surface area contributed by atoms with E-state index < -0.39 is 0 Å². The maximum absolute atomic E-state index is 12.1. The number of hydrogen-bond acceptors (Lipinski definition) is 3. The average molecular weight is 331 g/mol. The lowest BCUT2D eigenvalue weighted by Gasteiger charge is -2.20. The highest BCUT2D eigenvalue weighted by atomic mass is 16.2. The molecule has 0 saturated heterocycles. The topological polar surface area (TPSA) is 61.4 Å². The van der Waals surface area contributed by atoms with Gasteiger partial charge in [-0.05, 0) is 44.6 Å². The SMILES string of the molecule is CN(C)CCNC(=O)c1ccc(CNC(=O)C2CCCCC2)cc1. The normalized spacial score (nSPS) is 15.3. The van der Waals surface area contributed by atoms with Gasteiger partial charge >= 0.3 is 0 Å². The molecule has 0 radical (unpaired) electrons. The summed E-state index contributed by atoms with van der Waals surface area (Å²) in [6, 6.07) is 7.43. The summed E-state index contributed by atoms with van der Waals surface area (Å²) in [6.45, 7) is 1.97. The van der Waals surface area contributed by atoms with Gasteiger partial charge in [0.2, 0.25) is 5.91 Å². The van der Waals surface area contributed by atoms with E-state index in [4.69, 9.17) is 0 Å². The van der Waals surface area contributed by atoms with Crippen LogP contribution in [0.5, 0.6) is 0 Å². The van der Waals surface area contributed by atoms with E-state index in [1.54, 1.807) is 0 Å². The third kappa shape index (κ3) is 5.96. The fourth-order valence-corrected chi connectivity index (χ4v) is 2.97. The van der Waals surface area contributed by atoms with Crippen LogP contribution in [0.2, 0.25) is 0 Å². The van der Waals surface area contributed by atoms with Gasteiger partial charge in [-0.1, -0.05) is 31.4 Å². The summed E-state index contributed by atoms with van der Waals surface area (Å²) in [4.78, 5) is 26.2. The van der Waals surface area contributed by atoms with Crippen molar-refractivity contribution < 1.29 is 9.59 Å². The van der Waals surface area contributed by atoms with Crippen LogP contribution in [0.4, 0.5) is 0 Å². The minimum Gasteiger partial charge on any atom is -0.352 e. The van der Waals surface area contributed by atoms with Gasteiger partial charge < -0.3 is 15.5 Å². The minimum atomic E-state index is -0.0605. The first-order valence-electron chi connectivity index (χ1n) is 8.86. The molecule has 5 nitrogen and oxygen atoms in total. The zero-order valence-electron chi connectivity index (χ0n) is 14.8. The van der Waals surface area contributed by atoms with Crippen LogP contribution >= 0.6 is 0 Å². The predicted molar refractivity (Wildman–Crippen MR) is 95.8 cm³/mol. The number of nitrogens with one attached hydrogen (secondary N) is 2. The molecule has 0 bridgehead atoms. The van der Waals surface area contributed by atoms with E-state index >= 15 is 0 Å². The van der Waals surface area contributed by atoms with Crippen LogP contribution in [0.1, 0.15) is 48.0 Å². The van der Waals surface area contributed by atoms with Crippen LogP contribution in [0.25, 0.3) is 0 Å². The van der Waals surface area contributed by atoms with Crippen molar-refractivity contribution in [2.24, 2.45) is 5.92 Å². The molecule has 1 aromatic carbocycles. The Kier molecular flexibility index (Phi) is 7.25. The van der Waals surface area contributed by atoms with Crippen molar-refractivity contribution in [3.63, 3.8) is 0 Å². The Balaban J connectivity index is 1.76. The average Bonchev–Trinajstić information content (AvgIpc) is 2.60. The molecule has 2 N–H and O–H groups in total. The van der Waals surface area contributed by atoms with Crippen LogP contribution in [0.15, 0.2) is 24.3 Å². The molecule has 0 aliphatic heterocycles. The molecule has 132 valence electrons. The van der Waals surface area contributed by atoms with Gasteiger partial charge in [0.25, 0.3) is 5.91 Å². The molecular weight excluding hydrogens is 302 g/mol. The Morgan fingerprint density at radius 3 is 2.33 bits per heavy atom. The second kappa shape index (κ2) is 9.42. The van der Waals surface area contributed by atoms with E-state index in [9.17, 15) is 9.59 Å². The van der Waals surface area contributed by atoms with E-state index in [1.807, 2.05) is 43.3 Å². The number of likely N-dealkylation sites (N-methyl/N-ethyl adjacent to an activating group) is 1. The molecule has 0 heterocycles. The second-order valence-corrected chi connectivity index (χ2v) is 6.81. The maximum atomic E-state index is 12.1. The van der Waals surface area contributed by atoms with Crippen LogP contribution in [0, 0.1) is 5.92 Å². The minimum absolute atomic E-state index is 0.0605. The van der Waals surface area contributed by atoms with Crippen molar-refractivity contribution in [3.8, 4) is 0 Å². The standard InChI is InChI=1S/C19H29N3O2/c1-22(2)13-12-20-18(23)17-10-8-15(9-11-17)14-21-19(24)16-6-4-3-5-7-16/h8-11,16H,3-7,12-14H2,1-2H3,(H,20,23)(H,21,24). The summed E-state index contributed by atoms with van der Waals surface area (Å²) in [5.41, 5.74) is 1.67. The van der Waals surface area contributed by atoms with Crippen molar-refractivity contribution in [1.29, 1.82) is 0 Å². The van der Waals surface area contributed by atoms with Gasteiger partial charge in [0, 0.05) is 31.1 Å². The molecule has 2 amide bonds. The molecular formula is C19H29N3O2. The van der Waals surface area contributed by atoms with Gasteiger partial charge in [0.05, 0.1) is 0 Å². The largest absolute Gasteiger partial charge is 0.352 e. The molecule has 1 aromatic rings. The van der Waals surface area contributed by atoms with E-state index in [2.05, 4.69) is 10.6 Å². The van der Waals surface area contributed by atoms with Crippen molar-refractivity contribution >= 4 is 11.8 Å². The maximum Gasteiger partial charge on any atom is 0.251 e. The fourth-order valence-electron chi connectivity index (χ4n) is 2.97. The highest BCUT2D eigenvalue weighted by Crippen LogP contribution is 2.23. The number of carbonyl (C=O) groups is 2. The Labute approximate surface area is 144 Å². The predicted octanol–water partition coefficient (Wildman–Crippen LogP) is 2.17. The lowest BCUT2D eigenvalue weighted by atomic mass is 9.88. The molecule has 1 aliphatic rings. The van der Waals surface area contributed by atoms with Gasteiger partial charge in [-0.25, -0.2) is 0 Å². The van der Waals surface area contributed by atoms with Gasteiger partial charge in [0.15, 0.2) is 0 Å². The van der Waals surface area contributed by atoms with Crippen LogP contribution in [-0.2, 0) is 11.3 Å². The number of amides is 2. The zero-order valence-corrected chi connectivity index (χ0v) is 14.8. The summed E-state index contributed by atoms with van der Waals surface area (Å²) in [6.07, 6.45) is 5.60. The van der Waals surface area contributed by atoms with E-state index in [0.717, 1.165) is 37.8 Å². The van der Waals surface area contributed by atoms with Crippen LogP contribution in [-0.4, -0.2) is 43.9 Å². The van der Waals surface area contributed by atoms with E-state index in [0.29, 0.717) is 18.7 Å². The highest BCUT2D eigenvalue weighted by Gasteiger charge is 2.20. The van der Waals surface area contributed by atoms with Crippen molar-refractivity contribution in [3.05, 3.63) is 35.4 Å². The van der Waals surface area contributed by atoms with Crippen molar-refractivity contribution in [2.45, 2.75) is 38.6 Å². The first-order valence-corrected chi connectivity index (χ1v) is 8.86. The molecule has 0 unspecified atom stereocenters. The summed E-state index contributed by atoms with van der Waals surface area (Å²) in [5, 5.41) is 5.91. The molecule has 5 heteroatoms. The first-order chi connectivity index (χ1) is 11.6. The number of benzene rings is 1. The third-order valence-electron chi connectivity index (χ3n) is 4.50. The summed E-state index contributed by atoms with van der Waals surface area (Å²) >= 11 is 0. The van der Waals surface area contributed by atoms with Gasteiger partial charge in [-0.3, -0.25) is 9.59 Å². The molecule has 24 heavy (non-hydrogen) atoms. The van der Waals surface area contributed by atoms with Gasteiger partial charge in [0.1, 0.15) is 0 Å². The Morgan fingerprint density at radius 2 is 1.71 bits per heavy atom. The van der Waals surface area contributed by atoms with Crippen molar-refractivity contribution in [2.75, 3.05) is 27.2 Å². The summed E-state index contributed by atoms with van der Waals surface area (Å²) < 4.78 is 0.